The molecule has 30 heavy (non-hydrogen) atoms. The largest absolute Gasteiger partial charge is 0.465 e. The maximum Gasteiger partial charge on any atom is 0.411 e. The summed E-state index contributed by atoms with van der Waals surface area (Å²) in [5.41, 5.74) is 6.38. The molecule has 3 aromatic carbocycles. The van der Waals surface area contributed by atoms with E-state index in [2.05, 4.69) is 29.6 Å². The van der Waals surface area contributed by atoms with Crippen molar-refractivity contribution >= 4 is 17.7 Å². The molecule has 0 spiro atoms. The first-order chi connectivity index (χ1) is 14.5. The Morgan fingerprint density at radius 2 is 1.47 bits per heavy atom. The highest BCUT2D eigenvalue weighted by molar-refractivity contribution is 5.87. The van der Waals surface area contributed by atoms with Crippen molar-refractivity contribution in [1.29, 1.82) is 0 Å². The first-order valence-electron chi connectivity index (χ1n) is 10.1. The monoisotopic (exact) mass is 400 g/mol. The molecule has 1 aliphatic rings. The zero-order chi connectivity index (χ0) is 21.1. The highest BCUT2D eigenvalue weighted by Gasteiger charge is 2.31. The Labute approximate surface area is 176 Å². The second-order valence-electron chi connectivity index (χ2n) is 7.52. The molecule has 2 amide bonds. The van der Waals surface area contributed by atoms with E-state index < -0.39 is 6.09 Å². The smallest absolute Gasteiger partial charge is 0.411 e. The fraction of sp³-hybridized carbons (Fsp3) is 0.200. The van der Waals surface area contributed by atoms with Gasteiger partial charge in [0.2, 0.25) is 5.91 Å². The summed E-state index contributed by atoms with van der Waals surface area (Å²) in [7, 11) is 0. The van der Waals surface area contributed by atoms with Gasteiger partial charge in [0.05, 0.1) is 0 Å². The van der Waals surface area contributed by atoms with Gasteiger partial charge in [-0.3, -0.25) is 9.69 Å². The Morgan fingerprint density at radius 3 is 2.00 bits per heavy atom. The second kappa shape index (κ2) is 8.41. The zero-order valence-corrected chi connectivity index (χ0v) is 16.8. The van der Waals surface area contributed by atoms with Gasteiger partial charge in [-0.2, -0.15) is 0 Å². The van der Waals surface area contributed by atoms with Gasteiger partial charge in [0.15, 0.2) is 0 Å². The number of carboxylic acid groups (broad SMARTS) is 1. The molecule has 5 nitrogen and oxygen atoms in total. The summed E-state index contributed by atoms with van der Waals surface area (Å²) in [6, 6.07) is 23.9. The molecule has 0 bridgehead atoms. The van der Waals surface area contributed by atoms with Crippen LogP contribution in [0, 0.1) is 0 Å². The molecule has 0 saturated heterocycles. The molecule has 1 aliphatic carbocycles. The summed E-state index contributed by atoms with van der Waals surface area (Å²) in [6.45, 7) is 2.41. The number of nitrogens with one attached hydrogen (secondary N) is 1. The molecule has 0 fully saturated rings. The third-order valence-corrected chi connectivity index (χ3v) is 5.59. The van der Waals surface area contributed by atoms with Crippen LogP contribution < -0.4 is 10.2 Å². The Kier molecular flexibility index (Phi) is 5.53. The lowest BCUT2D eigenvalue weighted by Gasteiger charge is -2.24. The van der Waals surface area contributed by atoms with Crippen molar-refractivity contribution < 1.29 is 14.7 Å². The molecule has 0 saturated carbocycles. The lowest BCUT2D eigenvalue weighted by Crippen LogP contribution is -2.33. The average molecular weight is 400 g/mol. The summed E-state index contributed by atoms with van der Waals surface area (Å²) < 4.78 is 0. The van der Waals surface area contributed by atoms with Crippen LogP contribution in [0.2, 0.25) is 0 Å². The van der Waals surface area contributed by atoms with Gasteiger partial charge in [-0.15, -0.1) is 0 Å². The van der Waals surface area contributed by atoms with Crippen LogP contribution in [0.1, 0.15) is 29.5 Å². The minimum absolute atomic E-state index is 0.00653. The Hall–Kier alpha value is -3.60. The molecule has 3 aromatic rings. The van der Waals surface area contributed by atoms with Crippen molar-refractivity contribution in [3.05, 3.63) is 89.5 Å². The van der Waals surface area contributed by atoms with E-state index in [1.165, 1.54) is 23.0 Å². The van der Waals surface area contributed by atoms with Crippen molar-refractivity contribution in [2.75, 3.05) is 18.0 Å². The molecule has 0 unspecified atom stereocenters. The lowest BCUT2D eigenvalue weighted by atomic mass is 9.96. The van der Waals surface area contributed by atoms with E-state index >= 15 is 0 Å². The standard InChI is InChI=1S/C25H24N2O3/c1-17(28)26-15-14-18-10-12-19(13-11-18)27(25(29)30)16-24-22-8-4-2-6-20(22)21-7-3-5-9-23(21)24/h2-13,24H,14-16H2,1H3,(H,26,28)(H,29,30). The van der Waals surface area contributed by atoms with E-state index in [0.717, 1.165) is 16.7 Å². The number of carbonyl (C=O) groups excluding carboxylic acids is 1. The Bertz CT molecular complexity index is 1030. The van der Waals surface area contributed by atoms with Gasteiger partial charge < -0.3 is 10.4 Å². The van der Waals surface area contributed by atoms with E-state index in [0.29, 0.717) is 25.2 Å². The molecule has 0 atom stereocenters. The first-order valence-corrected chi connectivity index (χ1v) is 10.1. The second-order valence-corrected chi connectivity index (χ2v) is 7.52. The Morgan fingerprint density at radius 1 is 0.900 bits per heavy atom. The van der Waals surface area contributed by atoms with Crippen molar-refractivity contribution in [3.63, 3.8) is 0 Å². The maximum atomic E-state index is 12.1. The molecular formula is C25H24N2O3. The van der Waals surface area contributed by atoms with Gasteiger partial charge >= 0.3 is 6.09 Å². The summed E-state index contributed by atoms with van der Waals surface area (Å²) in [5.74, 6) is -0.0614. The van der Waals surface area contributed by atoms with Crippen molar-refractivity contribution in [2.24, 2.45) is 0 Å². The van der Waals surface area contributed by atoms with Crippen LogP contribution in [-0.2, 0) is 11.2 Å². The van der Waals surface area contributed by atoms with Gasteiger partial charge in [0.1, 0.15) is 0 Å². The highest BCUT2D eigenvalue weighted by atomic mass is 16.4. The highest BCUT2D eigenvalue weighted by Crippen LogP contribution is 2.45. The van der Waals surface area contributed by atoms with Crippen LogP contribution in [0.4, 0.5) is 10.5 Å². The number of hydrogen-bond acceptors (Lipinski definition) is 2. The number of nitrogens with zero attached hydrogens (tertiary/aromatic N) is 1. The number of benzene rings is 3. The van der Waals surface area contributed by atoms with Crippen LogP contribution in [0.3, 0.4) is 0 Å². The minimum atomic E-state index is -0.970. The number of anilines is 1. The third kappa shape index (κ3) is 3.92. The minimum Gasteiger partial charge on any atom is -0.465 e. The van der Waals surface area contributed by atoms with Gasteiger partial charge in [-0.1, -0.05) is 60.7 Å². The van der Waals surface area contributed by atoms with Crippen molar-refractivity contribution in [2.45, 2.75) is 19.3 Å². The topological polar surface area (TPSA) is 69.6 Å². The van der Waals surface area contributed by atoms with E-state index in [-0.39, 0.29) is 11.8 Å². The van der Waals surface area contributed by atoms with E-state index in [1.807, 2.05) is 48.5 Å². The molecule has 5 heteroatoms. The molecular weight excluding hydrogens is 376 g/mol. The zero-order valence-electron chi connectivity index (χ0n) is 16.8. The molecule has 0 aromatic heterocycles. The summed E-state index contributed by atoms with van der Waals surface area (Å²) in [4.78, 5) is 24.5. The molecule has 152 valence electrons. The number of amides is 2. The van der Waals surface area contributed by atoms with E-state index in [1.54, 1.807) is 0 Å². The van der Waals surface area contributed by atoms with E-state index in [4.69, 9.17) is 0 Å². The van der Waals surface area contributed by atoms with E-state index in [9.17, 15) is 14.7 Å². The summed E-state index contributed by atoms with van der Waals surface area (Å²) in [5, 5.41) is 12.7. The van der Waals surface area contributed by atoms with Gasteiger partial charge in [0, 0.05) is 31.6 Å². The molecule has 0 aliphatic heterocycles. The van der Waals surface area contributed by atoms with Crippen LogP contribution in [0.5, 0.6) is 0 Å². The number of rotatable bonds is 6. The fourth-order valence-electron chi connectivity index (χ4n) is 4.16. The van der Waals surface area contributed by atoms with Crippen LogP contribution in [0.15, 0.2) is 72.8 Å². The van der Waals surface area contributed by atoms with Crippen LogP contribution in [-0.4, -0.2) is 30.2 Å². The molecule has 2 N–H and O–H groups in total. The number of hydrogen-bond donors (Lipinski definition) is 2. The predicted octanol–water partition coefficient (Wildman–Crippen LogP) is 4.66. The van der Waals surface area contributed by atoms with Crippen LogP contribution >= 0.6 is 0 Å². The lowest BCUT2D eigenvalue weighted by molar-refractivity contribution is -0.118. The van der Waals surface area contributed by atoms with Gasteiger partial charge in [0.25, 0.3) is 0 Å². The first kappa shape index (κ1) is 19.7. The Balaban J connectivity index is 1.58. The quantitative estimate of drug-likeness (QED) is 0.632. The average Bonchev–Trinajstić information content (AvgIpc) is 3.06. The van der Waals surface area contributed by atoms with Gasteiger partial charge in [-0.25, -0.2) is 4.79 Å². The SMILES string of the molecule is CC(=O)NCCc1ccc(N(CC2c3ccccc3-c3ccccc32)C(=O)O)cc1. The summed E-state index contributed by atoms with van der Waals surface area (Å²) in [6.07, 6.45) is -0.265. The number of carbonyl (C=O) groups is 2. The molecule has 0 heterocycles. The third-order valence-electron chi connectivity index (χ3n) is 5.59. The number of fused-ring (bicyclic) bond motifs is 3. The van der Waals surface area contributed by atoms with Gasteiger partial charge in [-0.05, 0) is 46.4 Å². The predicted molar refractivity (Wildman–Crippen MR) is 118 cm³/mol. The fourth-order valence-corrected chi connectivity index (χ4v) is 4.16. The normalized spacial score (nSPS) is 12.2. The van der Waals surface area contributed by atoms with Crippen molar-refractivity contribution in [1.82, 2.24) is 5.32 Å². The van der Waals surface area contributed by atoms with Crippen molar-refractivity contribution in [3.8, 4) is 11.1 Å². The van der Waals surface area contributed by atoms with Crippen LogP contribution in [0.25, 0.3) is 11.1 Å². The summed E-state index contributed by atoms with van der Waals surface area (Å²) >= 11 is 0. The maximum absolute atomic E-state index is 12.1. The molecule has 4 rings (SSSR count). The molecule has 0 radical (unpaired) electrons.